The summed E-state index contributed by atoms with van der Waals surface area (Å²) >= 11 is 0. The van der Waals surface area contributed by atoms with Gasteiger partial charge in [-0.3, -0.25) is 0 Å². The number of aliphatic hydroxyl groups is 1. The van der Waals surface area contributed by atoms with Crippen LogP contribution in [0.4, 0.5) is 13.2 Å². The van der Waals surface area contributed by atoms with Crippen LogP contribution in [0, 0.1) is 0 Å². The number of alkyl halides is 3. The molecule has 0 fully saturated rings. The van der Waals surface area contributed by atoms with Gasteiger partial charge in [-0.05, 0) is 36.2 Å². The van der Waals surface area contributed by atoms with E-state index in [0.717, 1.165) is 0 Å². The third-order valence-corrected chi connectivity index (χ3v) is 12.0. The lowest BCUT2D eigenvalue weighted by molar-refractivity contribution is -0.0489. The summed E-state index contributed by atoms with van der Waals surface area (Å²) in [5, 5.41) is 11.8. The highest BCUT2D eigenvalue weighted by atomic mass is 32.2. The minimum Gasteiger partial charge on any atom is -0.412 e. The number of halogens is 3. The Morgan fingerprint density at radius 1 is 0.909 bits per heavy atom. The second-order valence-corrected chi connectivity index (χ2v) is 16.1. The summed E-state index contributed by atoms with van der Waals surface area (Å²) in [5.41, 5.74) is -7.24. The highest BCUT2D eigenvalue weighted by Crippen LogP contribution is 2.41. The lowest BCUT2D eigenvalue weighted by Crippen LogP contribution is -2.61. The van der Waals surface area contributed by atoms with Crippen molar-refractivity contribution in [3.8, 4) is 0 Å². The van der Waals surface area contributed by atoms with Gasteiger partial charge in [-0.25, -0.2) is 8.42 Å². The van der Waals surface area contributed by atoms with E-state index < -0.39 is 41.6 Å². The molecular weight excluding hydrogens is 471 g/mol. The summed E-state index contributed by atoms with van der Waals surface area (Å²) in [6.07, 6.45) is -1.10. The quantitative estimate of drug-likeness (QED) is 0.489. The predicted molar refractivity (Wildman–Crippen MR) is 126 cm³/mol. The maximum atomic E-state index is 13.4. The molecule has 0 aliphatic heterocycles. The number of benzene rings is 2. The van der Waals surface area contributed by atoms with Crippen LogP contribution in [0.5, 0.6) is 0 Å². The largest absolute Gasteiger partial charge is 0.511 e. The molecule has 0 amide bonds. The van der Waals surface area contributed by atoms with Gasteiger partial charge in [0.05, 0.1) is 12.1 Å². The van der Waals surface area contributed by atoms with Gasteiger partial charge in [0, 0.05) is 0 Å². The summed E-state index contributed by atoms with van der Waals surface area (Å²) in [6.45, 7) is 11.2. The van der Waals surface area contributed by atoms with Gasteiger partial charge in [0.2, 0.25) is 0 Å². The van der Waals surface area contributed by atoms with Gasteiger partial charge in [-0.15, -0.1) is 0 Å². The van der Waals surface area contributed by atoms with E-state index >= 15 is 0 Å². The molecule has 0 spiro atoms. The smallest absolute Gasteiger partial charge is 0.412 e. The third kappa shape index (κ3) is 5.86. The minimum atomic E-state index is -5.81. The number of hydrogen-bond acceptors (Lipinski definition) is 4. The Bertz CT molecular complexity index is 984. The zero-order valence-electron chi connectivity index (χ0n) is 19.6. The molecule has 2 aromatic carbocycles. The molecule has 0 saturated carbocycles. The first-order chi connectivity index (χ1) is 14.9. The molecule has 2 N–H and O–H groups in total. The van der Waals surface area contributed by atoms with E-state index in [0.29, 0.717) is 0 Å². The molecule has 0 bridgehead atoms. The molecule has 0 saturated heterocycles. The van der Waals surface area contributed by atoms with Crippen molar-refractivity contribution < 1.29 is 31.1 Å². The maximum Gasteiger partial charge on any atom is 0.511 e. The van der Waals surface area contributed by atoms with Gasteiger partial charge in [-0.2, -0.15) is 17.9 Å². The van der Waals surface area contributed by atoms with Crippen molar-refractivity contribution in [2.75, 3.05) is 0 Å². The average molecular weight is 504 g/mol. The van der Waals surface area contributed by atoms with Crippen LogP contribution in [-0.2, 0) is 20.1 Å². The van der Waals surface area contributed by atoms with Gasteiger partial charge in [-0.1, -0.05) is 81.4 Å². The lowest BCUT2D eigenvalue weighted by atomic mass is 9.78. The standard InChI is InChI=1S/C23H32F3NO4SSi/c1-17(31-33(5,6)21(2,3)4)20(27-32(29,30)23(24,25)26)22(28,18-13-9-7-10-14-18)19-15-11-8-12-16-19/h7-17,20,27-28H,1-6H3/t17-,20+/m1/s1. The molecular formula is C23H32F3NO4SSi. The molecule has 0 aromatic heterocycles. The molecule has 184 valence electrons. The molecule has 0 unspecified atom stereocenters. The highest BCUT2D eigenvalue weighted by molar-refractivity contribution is 7.90. The van der Waals surface area contributed by atoms with E-state index in [1.807, 2.05) is 33.9 Å². The van der Waals surface area contributed by atoms with Crippen molar-refractivity contribution in [3.05, 3.63) is 71.8 Å². The molecule has 2 aromatic rings. The monoisotopic (exact) mass is 503 g/mol. The summed E-state index contributed by atoms with van der Waals surface area (Å²) in [7, 11) is -8.37. The van der Waals surface area contributed by atoms with Crippen LogP contribution in [0.2, 0.25) is 18.1 Å². The van der Waals surface area contributed by atoms with Gasteiger partial charge in [0.15, 0.2) is 8.32 Å². The molecule has 0 heterocycles. The van der Waals surface area contributed by atoms with E-state index in [-0.39, 0.29) is 16.2 Å². The van der Waals surface area contributed by atoms with Crippen molar-refractivity contribution in [2.45, 2.75) is 69.1 Å². The Kier molecular flexibility index (Phi) is 7.92. The normalized spacial score (nSPS) is 15.8. The van der Waals surface area contributed by atoms with Crippen molar-refractivity contribution in [3.63, 3.8) is 0 Å². The van der Waals surface area contributed by atoms with Gasteiger partial charge in [0.1, 0.15) is 5.60 Å². The Balaban J connectivity index is 2.74. The SMILES string of the molecule is C[C@@H](O[Si](C)(C)C(C)(C)C)[C@H](NS(=O)(=O)C(F)(F)F)C(O)(c1ccccc1)c1ccccc1. The van der Waals surface area contributed by atoms with Crippen LogP contribution in [0.3, 0.4) is 0 Å². The maximum absolute atomic E-state index is 13.4. The van der Waals surface area contributed by atoms with Gasteiger partial charge >= 0.3 is 15.5 Å². The molecule has 5 nitrogen and oxygen atoms in total. The minimum absolute atomic E-state index is 0.233. The first-order valence-electron chi connectivity index (χ1n) is 10.5. The van der Waals surface area contributed by atoms with Crippen LogP contribution in [0.25, 0.3) is 0 Å². The van der Waals surface area contributed by atoms with Crippen molar-refractivity contribution in [2.24, 2.45) is 0 Å². The summed E-state index contributed by atoms with van der Waals surface area (Å²) < 4.78 is 72.8. The Morgan fingerprint density at radius 2 is 1.30 bits per heavy atom. The summed E-state index contributed by atoms with van der Waals surface area (Å²) in [4.78, 5) is 0. The summed E-state index contributed by atoms with van der Waals surface area (Å²) in [5.74, 6) is 0. The summed E-state index contributed by atoms with van der Waals surface area (Å²) in [6, 6.07) is 14.4. The van der Waals surface area contributed by atoms with E-state index in [4.69, 9.17) is 4.43 Å². The zero-order valence-corrected chi connectivity index (χ0v) is 21.5. The number of hydrogen-bond donors (Lipinski definition) is 2. The molecule has 0 radical (unpaired) electrons. The Morgan fingerprint density at radius 3 is 1.64 bits per heavy atom. The Hall–Kier alpha value is -1.72. The first-order valence-corrected chi connectivity index (χ1v) is 14.9. The van der Waals surface area contributed by atoms with Crippen LogP contribution < -0.4 is 4.72 Å². The van der Waals surface area contributed by atoms with Crippen LogP contribution in [0.15, 0.2) is 60.7 Å². The molecule has 10 heteroatoms. The van der Waals surface area contributed by atoms with E-state index in [2.05, 4.69) is 0 Å². The van der Waals surface area contributed by atoms with Crippen LogP contribution >= 0.6 is 0 Å². The second-order valence-electron chi connectivity index (χ2n) is 9.63. The fourth-order valence-electron chi connectivity index (χ4n) is 3.37. The number of sulfonamides is 1. The van der Waals surface area contributed by atoms with Crippen molar-refractivity contribution >= 4 is 18.3 Å². The second kappa shape index (κ2) is 9.50. The van der Waals surface area contributed by atoms with Gasteiger partial charge in [0.25, 0.3) is 0 Å². The molecule has 0 aliphatic rings. The van der Waals surface area contributed by atoms with Crippen molar-refractivity contribution in [1.29, 1.82) is 0 Å². The van der Waals surface area contributed by atoms with E-state index in [1.165, 1.54) is 6.92 Å². The van der Waals surface area contributed by atoms with Crippen LogP contribution in [0.1, 0.15) is 38.8 Å². The fourth-order valence-corrected chi connectivity index (χ4v) is 5.62. The van der Waals surface area contributed by atoms with Crippen molar-refractivity contribution in [1.82, 2.24) is 4.72 Å². The van der Waals surface area contributed by atoms with E-state index in [1.54, 1.807) is 65.4 Å². The van der Waals surface area contributed by atoms with Crippen LogP contribution in [-0.4, -0.2) is 39.5 Å². The lowest BCUT2D eigenvalue weighted by Gasteiger charge is -2.45. The predicted octanol–water partition coefficient (Wildman–Crippen LogP) is 5.14. The first kappa shape index (κ1) is 27.5. The molecule has 2 atom stereocenters. The highest BCUT2D eigenvalue weighted by Gasteiger charge is 2.53. The zero-order chi connectivity index (χ0) is 25.3. The molecule has 0 aliphatic carbocycles. The fraction of sp³-hybridized carbons (Fsp3) is 0.478. The third-order valence-electron chi connectivity index (χ3n) is 6.22. The molecule has 33 heavy (non-hydrogen) atoms. The van der Waals surface area contributed by atoms with Gasteiger partial charge < -0.3 is 9.53 Å². The number of rotatable bonds is 8. The average Bonchev–Trinajstić information content (AvgIpc) is 2.70. The topological polar surface area (TPSA) is 75.6 Å². The van der Waals surface area contributed by atoms with E-state index in [9.17, 15) is 26.7 Å². The number of nitrogens with one attached hydrogen (secondary N) is 1. The molecule has 2 rings (SSSR count). The Labute approximate surface area is 195 Å².